The lowest BCUT2D eigenvalue weighted by Crippen LogP contribution is -2.38. The van der Waals surface area contributed by atoms with Crippen LogP contribution < -0.4 is 11.1 Å². The summed E-state index contributed by atoms with van der Waals surface area (Å²) in [7, 11) is 0. The second kappa shape index (κ2) is 3.06. The molecule has 6 heteroatoms. The molecule has 0 aromatic rings. The highest BCUT2D eigenvalue weighted by Crippen LogP contribution is 2.27. The Balaban J connectivity index is 2.11. The Kier molecular flexibility index (Phi) is 1.99. The number of nitrogens with two attached hydrogens (primary N) is 1. The number of fused-ring (bicyclic) bond motifs is 1. The summed E-state index contributed by atoms with van der Waals surface area (Å²) in [4.78, 5) is 35.1. The van der Waals surface area contributed by atoms with Crippen LogP contribution >= 0.6 is 0 Å². The zero-order chi connectivity index (χ0) is 10.3. The molecule has 3 amide bonds. The lowest BCUT2D eigenvalue weighted by atomic mass is 10.00. The molecule has 2 atom stereocenters. The third kappa shape index (κ3) is 1.19. The summed E-state index contributed by atoms with van der Waals surface area (Å²) < 4.78 is 0. The van der Waals surface area contributed by atoms with Crippen molar-refractivity contribution in [2.75, 3.05) is 19.6 Å². The first-order chi connectivity index (χ1) is 6.63. The van der Waals surface area contributed by atoms with Crippen LogP contribution in [0.3, 0.4) is 0 Å². The monoisotopic (exact) mass is 197 g/mol. The Morgan fingerprint density at radius 2 is 1.86 bits per heavy atom. The van der Waals surface area contributed by atoms with Crippen LogP contribution in [-0.4, -0.2) is 42.3 Å². The third-order valence-corrected chi connectivity index (χ3v) is 2.77. The molecule has 76 valence electrons. The average Bonchev–Trinajstić information content (AvgIpc) is 2.69. The quantitative estimate of drug-likeness (QED) is 0.461. The Morgan fingerprint density at radius 1 is 1.36 bits per heavy atom. The van der Waals surface area contributed by atoms with Gasteiger partial charge in [-0.3, -0.25) is 19.7 Å². The van der Waals surface area contributed by atoms with Gasteiger partial charge in [0.25, 0.3) is 0 Å². The maximum Gasteiger partial charge on any atom is 0.236 e. The number of imide groups is 1. The summed E-state index contributed by atoms with van der Waals surface area (Å²) in [5.41, 5.74) is 5.19. The standard InChI is InChI=1S/C8H11N3O3/c9-1-6(12)11-2-4-5(3-11)8(14)10-7(4)13/h4-5H,1-3,9H2,(H,10,13,14). The summed E-state index contributed by atoms with van der Waals surface area (Å²) in [5, 5.41) is 2.25. The fourth-order valence-corrected chi connectivity index (χ4v) is 1.97. The van der Waals surface area contributed by atoms with E-state index in [2.05, 4.69) is 5.32 Å². The van der Waals surface area contributed by atoms with Gasteiger partial charge in [0.15, 0.2) is 0 Å². The summed E-state index contributed by atoms with van der Waals surface area (Å²) in [6.45, 7) is 0.561. The van der Waals surface area contributed by atoms with Crippen molar-refractivity contribution in [2.24, 2.45) is 17.6 Å². The highest BCUT2D eigenvalue weighted by Gasteiger charge is 2.48. The molecular weight excluding hydrogens is 186 g/mol. The third-order valence-electron chi connectivity index (χ3n) is 2.77. The van der Waals surface area contributed by atoms with E-state index in [4.69, 9.17) is 5.73 Å². The summed E-state index contributed by atoms with van der Waals surface area (Å²) in [6, 6.07) is 0. The van der Waals surface area contributed by atoms with E-state index in [9.17, 15) is 14.4 Å². The van der Waals surface area contributed by atoms with Gasteiger partial charge in [0.05, 0.1) is 18.4 Å². The SMILES string of the molecule is NCC(=O)N1CC2C(=O)NC(=O)C2C1. The molecular formula is C8H11N3O3. The summed E-state index contributed by atoms with van der Waals surface area (Å²) in [5.74, 6) is -1.48. The molecule has 2 heterocycles. The first kappa shape index (κ1) is 9.14. The molecule has 2 saturated heterocycles. The molecule has 0 aromatic heterocycles. The van der Waals surface area contributed by atoms with Crippen molar-refractivity contribution in [3.63, 3.8) is 0 Å². The number of nitrogens with zero attached hydrogens (tertiary/aromatic N) is 1. The van der Waals surface area contributed by atoms with Crippen molar-refractivity contribution in [1.82, 2.24) is 10.2 Å². The maximum atomic E-state index is 11.2. The van der Waals surface area contributed by atoms with Crippen molar-refractivity contribution in [2.45, 2.75) is 0 Å². The molecule has 0 radical (unpaired) electrons. The van der Waals surface area contributed by atoms with Gasteiger partial charge < -0.3 is 10.6 Å². The Bertz CT molecular complexity index is 293. The van der Waals surface area contributed by atoms with Gasteiger partial charge in [-0.05, 0) is 0 Å². The molecule has 0 bridgehead atoms. The molecule has 2 unspecified atom stereocenters. The van der Waals surface area contributed by atoms with Crippen LogP contribution in [0, 0.1) is 11.8 Å². The van der Waals surface area contributed by atoms with E-state index >= 15 is 0 Å². The van der Waals surface area contributed by atoms with Gasteiger partial charge in [-0.25, -0.2) is 0 Å². The van der Waals surface area contributed by atoms with E-state index in [0.29, 0.717) is 13.1 Å². The number of carbonyl (C=O) groups excluding carboxylic acids is 3. The Hall–Kier alpha value is -1.43. The number of carbonyl (C=O) groups is 3. The summed E-state index contributed by atoms with van der Waals surface area (Å²) in [6.07, 6.45) is 0. The number of likely N-dealkylation sites (tertiary alicyclic amines) is 1. The van der Waals surface area contributed by atoms with E-state index < -0.39 is 0 Å². The van der Waals surface area contributed by atoms with Crippen LogP contribution in [0.4, 0.5) is 0 Å². The van der Waals surface area contributed by atoms with Gasteiger partial charge in [-0.2, -0.15) is 0 Å². The summed E-state index contributed by atoms with van der Waals surface area (Å²) >= 11 is 0. The predicted octanol–water partition coefficient (Wildman–Crippen LogP) is -2.32. The number of amides is 3. The first-order valence-electron chi connectivity index (χ1n) is 4.46. The van der Waals surface area contributed by atoms with Crippen LogP contribution in [0.15, 0.2) is 0 Å². The van der Waals surface area contributed by atoms with E-state index in [1.165, 1.54) is 4.90 Å². The van der Waals surface area contributed by atoms with Gasteiger partial charge in [0.2, 0.25) is 17.7 Å². The van der Waals surface area contributed by atoms with Crippen molar-refractivity contribution >= 4 is 17.7 Å². The molecule has 2 fully saturated rings. The zero-order valence-corrected chi connectivity index (χ0v) is 7.53. The highest BCUT2D eigenvalue weighted by molar-refractivity contribution is 6.06. The lowest BCUT2D eigenvalue weighted by Gasteiger charge is -2.15. The highest BCUT2D eigenvalue weighted by atomic mass is 16.2. The number of nitrogens with one attached hydrogen (secondary N) is 1. The molecule has 3 N–H and O–H groups in total. The predicted molar refractivity (Wildman–Crippen MR) is 45.8 cm³/mol. The van der Waals surface area contributed by atoms with E-state index in [1.54, 1.807) is 0 Å². The maximum absolute atomic E-state index is 11.2. The van der Waals surface area contributed by atoms with Crippen molar-refractivity contribution in [3.8, 4) is 0 Å². The molecule has 2 aliphatic heterocycles. The van der Waals surface area contributed by atoms with E-state index in [1.807, 2.05) is 0 Å². The first-order valence-corrected chi connectivity index (χ1v) is 4.46. The number of rotatable bonds is 1. The van der Waals surface area contributed by atoms with E-state index in [0.717, 1.165) is 0 Å². The van der Waals surface area contributed by atoms with Gasteiger partial charge in [-0.15, -0.1) is 0 Å². The largest absolute Gasteiger partial charge is 0.340 e. The van der Waals surface area contributed by atoms with Crippen LogP contribution in [0.5, 0.6) is 0 Å². The number of hydrogen-bond donors (Lipinski definition) is 2. The van der Waals surface area contributed by atoms with Crippen molar-refractivity contribution in [1.29, 1.82) is 0 Å². The van der Waals surface area contributed by atoms with Crippen molar-refractivity contribution < 1.29 is 14.4 Å². The normalized spacial score (nSPS) is 30.5. The van der Waals surface area contributed by atoms with Gasteiger partial charge in [0.1, 0.15) is 0 Å². The molecule has 0 aromatic carbocycles. The van der Waals surface area contributed by atoms with Gasteiger partial charge >= 0.3 is 0 Å². The minimum Gasteiger partial charge on any atom is -0.340 e. The second-order valence-electron chi connectivity index (χ2n) is 3.57. The molecule has 0 spiro atoms. The molecule has 0 saturated carbocycles. The second-order valence-corrected chi connectivity index (χ2v) is 3.57. The zero-order valence-electron chi connectivity index (χ0n) is 7.53. The Morgan fingerprint density at radius 3 is 2.29 bits per heavy atom. The topological polar surface area (TPSA) is 92.5 Å². The van der Waals surface area contributed by atoms with Gasteiger partial charge in [0, 0.05) is 13.1 Å². The molecule has 0 aliphatic carbocycles. The Labute approximate surface area is 80.4 Å². The molecule has 14 heavy (non-hydrogen) atoms. The van der Waals surface area contributed by atoms with Gasteiger partial charge in [-0.1, -0.05) is 0 Å². The van der Waals surface area contributed by atoms with Crippen LogP contribution in [-0.2, 0) is 14.4 Å². The van der Waals surface area contributed by atoms with Crippen LogP contribution in [0.1, 0.15) is 0 Å². The van der Waals surface area contributed by atoms with E-state index in [-0.39, 0.29) is 36.1 Å². The minimum atomic E-state index is -0.363. The molecule has 2 aliphatic rings. The number of hydrogen-bond acceptors (Lipinski definition) is 4. The average molecular weight is 197 g/mol. The smallest absolute Gasteiger partial charge is 0.236 e. The fourth-order valence-electron chi connectivity index (χ4n) is 1.97. The minimum absolute atomic E-state index is 0.0742. The fraction of sp³-hybridized carbons (Fsp3) is 0.625. The lowest BCUT2D eigenvalue weighted by molar-refractivity contribution is -0.130. The molecule has 2 rings (SSSR count). The van der Waals surface area contributed by atoms with Crippen LogP contribution in [0.25, 0.3) is 0 Å². The van der Waals surface area contributed by atoms with Crippen LogP contribution in [0.2, 0.25) is 0 Å². The molecule has 6 nitrogen and oxygen atoms in total. The van der Waals surface area contributed by atoms with Crippen molar-refractivity contribution in [3.05, 3.63) is 0 Å².